The van der Waals surface area contributed by atoms with Gasteiger partial charge in [-0.2, -0.15) is 0 Å². The normalized spacial score (nSPS) is 15.8. The van der Waals surface area contributed by atoms with Crippen LogP contribution >= 0.6 is 0 Å². The monoisotopic (exact) mass is 280 g/mol. The molecule has 2 aliphatic rings. The highest BCUT2D eigenvalue weighted by Gasteiger charge is 2.28. The Morgan fingerprint density at radius 2 is 1.10 bits per heavy atom. The highest BCUT2D eigenvalue weighted by atomic mass is 19.1. The molecule has 2 aliphatic carbocycles. The molecule has 0 radical (unpaired) electrons. The summed E-state index contributed by atoms with van der Waals surface area (Å²) in [6, 6.07) is 8.27. The zero-order valence-corrected chi connectivity index (χ0v) is 13.0. The van der Waals surface area contributed by atoms with Crippen LogP contribution in [0.1, 0.15) is 48.6 Å². The van der Waals surface area contributed by atoms with Crippen LogP contribution in [-0.4, -0.2) is 0 Å². The van der Waals surface area contributed by atoms with Gasteiger partial charge in [0.2, 0.25) is 0 Å². The van der Waals surface area contributed by atoms with Gasteiger partial charge in [0.25, 0.3) is 0 Å². The molecular weight excluding hydrogens is 259 g/mol. The molecule has 2 aromatic carbocycles. The molecule has 2 aromatic rings. The van der Waals surface area contributed by atoms with E-state index in [4.69, 9.17) is 0 Å². The van der Waals surface area contributed by atoms with Crippen LogP contribution in [-0.2, 0) is 31.1 Å². The molecular formula is C20H21F. The van der Waals surface area contributed by atoms with Crippen molar-refractivity contribution >= 4 is 0 Å². The number of hydrogen-bond acceptors (Lipinski definition) is 0. The van der Waals surface area contributed by atoms with Crippen LogP contribution < -0.4 is 0 Å². The second-order valence-electron chi connectivity index (χ2n) is 7.52. The summed E-state index contributed by atoms with van der Waals surface area (Å²) in [6.07, 6.45) is 4.03. The molecule has 0 saturated heterocycles. The van der Waals surface area contributed by atoms with E-state index in [1.807, 2.05) is 0 Å². The first-order valence-corrected chi connectivity index (χ1v) is 7.91. The molecule has 0 N–H and O–H groups in total. The van der Waals surface area contributed by atoms with E-state index >= 15 is 0 Å². The van der Waals surface area contributed by atoms with E-state index in [2.05, 4.69) is 32.9 Å². The molecule has 108 valence electrons. The van der Waals surface area contributed by atoms with E-state index in [1.54, 1.807) is 12.1 Å². The predicted octanol–water partition coefficient (Wildman–Crippen LogP) is 4.99. The lowest BCUT2D eigenvalue weighted by atomic mass is 9.73. The van der Waals surface area contributed by atoms with Gasteiger partial charge in [-0.15, -0.1) is 0 Å². The van der Waals surface area contributed by atoms with Crippen LogP contribution in [0.3, 0.4) is 0 Å². The summed E-state index contributed by atoms with van der Waals surface area (Å²) in [5.41, 5.74) is 9.75. The molecule has 4 rings (SSSR count). The Hall–Kier alpha value is -1.63. The Kier molecular flexibility index (Phi) is 2.61. The molecule has 0 fully saturated rings. The summed E-state index contributed by atoms with van der Waals surface area (Å²) in [5.74, 6) is -0.0676. The topological polar surface area (TPSA) is 0 Å². The quantitative estimate of drug-likeness (QED) is 0.638. The summed E-state index contributed by atoms with van der Waals surface area (Å²) in [4.78, 5) is 0. The van der Waals surface area contributed by atoms with Crippen LogP contribution in [0, 0.1) is 5.82 Å². The van der Waals surface area contributed by atoms with Gasteiger partial charge in [0.05, 0.1) is 0 Å². The summed E-state index contributed by atoms with van der Waals surface area (Å²) >= 11 is 0. The number of aryl methyl sites for hydroxylation is 4. The average Bonchev–Trinajstić information content (AvgIpc) is 2.42. The zero-order chi connectivity index (χ0) is 14.8. The van der Waals surface area contributed by atoms with Crippen molar-refractivity contribution in [2.75, 3.05) is 0 Å². The zero-order valence-electron chi connectivity index (χ0n) is 13.0. The minimum Gasteiger partial charge on any atom is -0.207 e. The first-order chi connectivity index (χ1) is 9.93. The highest BCUT2D eigenvalue weighted by molar-refractivity contribution is 5.81. The standard InChI is InChI=1S/C20H21F/c1-20(2,3)16-8-12-4-6-14-10-17(21)11-15-7-5-13(9-16)18(12)19(14)15/h8-11H,4-7H2,1-3H3. The second-order valence-corrected chi connectivity index (χ2v) is 7.52. The maximum absolute atomic E-state index is 13.8. The summed E-state index contributed by atoms with van der Waals surface area (Å²) in [7, 11) is 0. The lowest BCUT2D eigenvalue weighted by Crippen LogP contribution is -2.18. The fraction of sp³-hybridized carbons (Fsp3) is 0.400. The van der Waals surface area contributed by atoms with Crippen molar-refractivity contribution in [2.24, 2.45) is 0 Å². The van der Waals surface area contributed by atoms with E-state index in [0.717, 1.165) is 25.7 Å². The van der Waals surface area contributed by atoms with Gasteiger partial charge in [-0.1, -0.05) is 32.9 Å². The molecule has 0 heterocycles. The van der Waals surface area contributed by atoms with Crippen molar-refractivity contribution in [3.8, 4) is 11.1 Å². The molecule has 0 amide bonds. The van der Waals surface area contributed by atoms with E-state index in [-0.39, 0.29) is 11.2 Å². The maximum atomic E-state index is 13.8. The first-order valence-electron chi connectivity index (χ1n) is 7.91. The molecule has 0 saturated carbocycles. The third-order valence-corrected chi connectivity index (χ3v) is 5.01. The number of rotatable bonds is 0. The van der Waals surface area contributed by atoms with Crippen LogP contribution in [0.2, 0.25) is 0 Å². The highest BCUT2D eigenvalue weighted by Crippen LogP contribution is 2.44. The number of halogens is 1. The number of benzene rings is 2. The molecule has 0 unspecified atom stereocenters. The molecule has 1 heteroatoms. The third kappa shape index (κ3) is 1.94. The van der Waals surface area contributed by atoms with Crippen molar-refractivity contribution in [3.63, 3.8) is 0 Å². The van der Waals surface area contributed by atoms with E-state index in [9.17, 15) is 4.39 Å². The third-order valence-electron chi connectivity index (χ3n) is 5.01. The van der Waals surface area contributed by atoms with E-state index in [1.165, 1.54) is 38.9 Å². The molecule has 0 atom stereocenters. The van der Waals surface area contributed by atoms with Crippen LogP contribution in [0.4, 0.5) is 4.39 Å². The molecule has 0 bridgehead atoms. The summed E-state index contributed by atoms with van der Waals surface area (Å²) in [5, 5.41) is 0. The van der Waals surface area contributed by atoms with Crippen molar-refractivity contribution < 1.29 is 4.39 Å². The van der Waals surface area contributed by atoms with Gasteiger partial charge in [-0.3, -0.25) is 0 Å². The SMILES string of the molecule is CC(C)(C)c1cc2c3c(c1)CCc1cc(F)cc(c1-3)CC2. The minimum absolute atomic E-state index is 0.0676. The second kappa shape index (κ2) is 4.19. The van der Waals surface area contributed by atoms with Crippen LogP contribution in [0.25, 0.3) is 11.1 Å². The van der Waals surface area contributed by atoms with Crippen molar-refractivity contribution in [1.82, 2.24) is 0 Å². The van der Waals surface area contributed by atoms with Crippen LogP contribution in [0.5, 0.6) is 0 Å². The van der Waals surface area contributed by atoms with Gasteiger partial charge in [0.15, 0.2) is 0 Å². The lowest BCUT2D eigenvalue weighted by molar-refractivity contribution is 0.587. The van der Waals surface area contributed by atoms with Crippen LogP contribution in [0.15, 0.2) is 24.3 Å². The summed E-state index contributed by atoms with van der Waals surface area (Å²) < 4.78 is 13.8. The Balaban J connectivity index is 2.01. The van der Waals surface area contributed by atoms with Crippen molar-refractivity contribution in [2.45, 2.75) is 51.9 Å². The Labute approximate surface area is 126 Å². The van der Waals surface area contributed by atoms with Gasteiger partial charge < -0.3 is 0 Å². The van der Waals surface area contributed by atoms with Gasteiger partial charge >= 0.3 is 0 Å². The Morgan fingerprint density at radius 3 is 1.48 bits per heavy atom. The Bertz CT molecular complexity index is 697. The maximum Gasteiger partial charge on any atom is 0.123 e. The first kappa shape index (κ1) is 13.1. The lowest BCUT2D eigenvalue weighted by Gasteiger charge is -2.32. The van der Waals surface area contributed by atoms with Crippen molar-refractivity contribution in [1.29, 1.82) is 0 Å². The predicted molar refractivity (Wildman–Crippen MR) is 85.4 cm³/mol. The molecule has 0 aliphatic heterocycles. The van der Waals surface area contributed by atoms with Crippen molar-refractivity contribution in [3.05, 3.63) is 57.9 Å². The van der Waals surface area contributed by atoms with E-state index in [0.29, 0.717) is 0 Å². The fourth-order valence-corrected chi connectivity index (χ4v) is 3.90. The summed E-state index contributed by atoms with van der Waals surface area (Å²) in [6.45, 7) is 6.84. The van der Waals surface area contributed by atoms with Gasteiger partial charge in [0, 0.05) is 0 Å². The number of hydrogen-bond donors (Lipinski definition) is 0. The molecule has 0 spiro atoms. The smallest absolute Gasteiger partial charge is 0.123 e. The molecule has 0 nitrogen and oxygen atoms in total. The van der Waals surface area contributed by atoms with E-state index < -0.39 is 0 Å². The van der Waals surface area contributed by atoms with Gasteiger partial charge in [-0.25, -0.2) is 4.39 Å². The Morgan fingerprint density at radius 1 is 0.714 bits per heavy atom. The average molecular weight is 280 g/mol. The fourth-order valence-electron chi connectivity index (χ4n) is 3.90. The van der Waals surface area contributed by atoms with Gasteiger partial charge in [-0.05, 0) is 82.2 Å². The minimum atomic E-state index is -0.0676. The molecule has 21 heavy (non-hydrogen) atoms. The molecule has 0 aromatic heterocycles. The van der Waals surface area contributed by atoms with Gasteiger partial charge in [0.1, 0.15) is 5.82 Å². The largest absolute Gasteiger partial charge is 0.207 e.